The Kier molecular flexibility index (Phi) is 6.30. The minimum Gasteiger partial charge on any atom is -0.391 e. The molecule has 0 atom stereocenters. The lowest BCUT2D eigenvalue weighted by Gasteiger charge is -2.23. The maximum Gasteiger partial charge on any atom is 0.0797 e. The molecule has 0 saturated carbocycles. The quantitative estimate of drug-likeness (QED) is 0.391. The van der Waals surface area contributed by atoms with Crippen molar-refractivity contribution < 1.29 is 4.48 Å². The van der Waals surface area contributed by atoms with E-state index in [4.69, 9.17) is 0 Å². The number of hydrogen-bond donors (Lipinski definition) is 1. The van der Waals surface area contributed by atoms with E-state index in [1.54, 1.807) is 0 Å². The minimum absolute atomic E-state index is 1.04. The van der Waals surface area contributed by atoms with Gasteiger partial charge >= 0.3 is 0 Å². The molecule has 0 aromatic carbocycles. The van der Waals surface area contributed by atoms with Crippen LogP contribution in [0.15, 0.2) is 23.9 Å². The van der Waals surface area contributed by atoms with Crippen molar-refractivity contribution in [2.45, 2.75) is 20.3 Å². The van der Waals surface area contributed by atoms with Gasteiger partial charge in [-0.3, -0.25) is 0 Å². The van der Waals surface area contributed by atoms with Crippen LogP contribution >= 0.6 is 0 Å². The Labute approximate surface area is 88.9 Å². The highest BCUT2D eigenvalue weighted by atomic mass is 15.3. The predicted molar refractivity (Wildman–Crippen MR) is 64.1 cm³/mol. The first-order valence-corrected chi connectivity index (χ1v) is 5.29. The second kappa shape index (κ2) is 6.66. The first kappa shape index (κ1) is 13.2. The molecule has 0 aromatic heterocycles. The lowest BCUT2D eigenvalue weighted by Crippen LogP contribution is -2.36. The van der Waals surface area contributed by atoms with Crippen molar-refractivity contribution in [3.8, 4) is 0 Å². The van der Waals surface area contributed by atoms with E-state index >= 15 is 0 Å². The summed E-state index contributed by atoms with van der Waals surface area (Å²) in [6, 6.07) is 0. The number of hydrogen-bond acceptors (Lipinski definition) is 1. The lowest BCUT2D eigenvalue weighted by atomic mass is 10.3. The van der Waals surface area contributed by atoms with E-state index in [-0.39, 0.29) is 0 Å². The summed E-state index contributed by atoms with van der Waals surface area (Å²) >= 11 is 0. The van der Waals surface area contributed by atoms with Gasteiger partial charge in [0.05, 0.1) is 27.7 Å². The summed E-state index contributed by atoms with van der Waals surface area (Å²) in [7, 11) is 6.67. The predicted octanol–water partition coefficient (Wildman–Crippen LogP) is 2.15. The van der Waals surface area contributed by atoms with Crippen molar-refractivity contribution in [2.75, 3.05) is 34.2 Å². The van der Waals surface area contributed by atoms with Crippen LogP contribution in [0.2, 0.25) is 0 Å². The monoisotopic (exact) mass is 197 g/mol. The molecule has 0 heterocycles. The zero-order valence-electron chi connectivity index (χ0n) is 10.3. The fourth-order valence-corrected chi connectivity index (χ4v) is 1.03. The number of rotatable bonds is 6. The van der Waals surface area contributed by atoms with E-state index in [2.05, 4.69) is 52.5 Å². The Morgan fingerprint density at radius 3 is 2.43 bits per heavy atom. The van der Waals surface area contributed by atoms with Gasteiger partial charge in [-0.15, -0.1) is 0 Å². The van der Waals surface area contributed by atoms with Crippen molar-refractivity contribution in [1.29, 1.82) is 0 Å². The second-order valence-electron chi connectivity index (χ2n) is 4.69. The van der Waals surface area contributed by atoms with E-state index in [1.165, 1.54) is 18.5 Å². The Morgan fingerprint density at radius 2 is 1.93 bits per heavy atom. The van der Waals surface area contributed by atoms with E-state index < -0.39 is 0 Å². The Hall–Kier alpha value is -0.760. The molecule has 0 fully saturated rings. The summed E-state index contributed by atoms with van der Waals surface area (Å²) in [5, 5.41) is 3.29. The third-order valence-electron chi connectivity index (χ3n) is 2.07. The summed E-state index contributed by atoms with van der Waals surface area (Å²) in [5.74, 6) is 0. The molecule has 0 bridgehead atoms. The van der Waals surface area contributed by atoms with Crippen molar-refractivity contribution >= 4 is 0 Å². The zero-order chi connectivity index (χ0) is 11.0. The van der Waals surface area contributed by atoms with Gasteiger partial charge in [0, 0.05) is 13.0 Å². The molecule has 82 valence electrons. The van der Waals surface area contributed by atoms with E-state index in [0.29, 0.717) is 0 Å². The smallest absolute Gasteiger partial charge is 0.0797 e. The molecule has 0 rings (SSSR count). The molecule has 1 N–H and O–H groups in total. The maximum absolute atomic E-state index is 3.29. The lowest BCUT2D eigenvalue weighted by molar-refractivity contribution is -0.870. The number of quaternary nitrogens is 1. The highest BCUT2D eigenvalue weighted by Crippen LogP contribution is 1.93. The molecule has 0 saturated heterocycles. The molecule has 0 aliphatic rings. The fraction of sp³-hybridized carbons (Fsp3) is 0.667. The van der Waals surface area contributed by atoms with Crippen LogP contribution in [0.3, 0.4) is 0 Å². The van der Waals surface area contributed by atoms with Gasteiger partial charge in [0.25, 0.3) is 0 Å². The Balaban J connectivity index is 3.44. The molecule has 14 heavy (non-hydrogen) atoms. The van der Waals surface area contributed by atoms with Crippen molar-refractivity contribution in [2.24, 2.45) is 0 Å². The molecule has 2 heteroatoms. The molecule has 0 amide bonds. The van der Waals surface area contributed by atoms with Gasteiger partial charge in [0.2, 0.25) is 0 Å². The van der Waals surface area contributed by atoms with E-state index in [9.17, 15) is 0 Å². The standard InChI is InChI=1S/C12H25N2/c1-6-12(2)8-10-13-9-7-11-14(3,4)5/h6,8,10,13H,7,9,11H2,1-5H3/q+1/b10-8-,12-6-. The number of allylic oxidation sites excluding steroid dienone is 3. The first-order valence-electron chi connectivity index (χ1n) is 5.29. The summed E-state index contributed by atoms with van der Waals surface area (Å²) < 4.78 is 1.04. The minimum atomic E-state index is 1.04. The van der Waals surface area contributed by atoms with Gasteiger partial charge in [-0.1, -0.05) is 11.6 Å². The van der Waals surface area contributed by atoms with Crippen LogP contribution in [0.1, 0.15) is 20.3 Å². The third-order valence-corrected chi connectivity index (χ3v) is 2.07. The van der Waals surface area contributed by atoms with Crippen LogP contribution in [0.5, 0.6) is 0 Å². The molecule has 0 radical (unpaired) electrons. The highest BCUT2D eigenvalue weighted by molar-refractivity contribution is 5.13. The molecule has 0 spiro atoms. The average Bonchev–Trinajstić information content (AvgIpc) is 2.08. The van der Waals surface area contributed by atoms with Crippen LogP contribution in [-0.2, 0) is 0 Å². The number of nitrogens with zero attached hydrogens (tertiary/aromatic N) is 1. The van der Waals surface area contributed by atoms with E-state index in [0.717, 1.165) is 11.0 Å². The van der Waals surface area contributed by atoms with Gasteiger partial charge in [-0.2, -0.15) is 0 Å². The summed E-state index contributed by atoms with van der Waals surface area (Å²) in [6.07, 6.45) is 7.45. The number of nitrogens with one attached hydrogen (secondary N) is 1. The normalized spacial score (nSPS) is 13.6. The van der Waals surface area contributed by atoms with Gasteiger partial charge in [0.1, 0.15) is 0 Å². The molecule has 0 aliphatic carbocycles. The van der Waals surface area contributed by atoms with Crippen molar-refractivity contribution in [1.82, 2.24) is 5.32 Å². The van der Waals surface area contributed by atoms with Gasteiger partial charge in [-0.25, -0.2) is 0 Å². The Bertz CT molecular complexity index is 197. The van der Waals surface area contributed by atoms with Crippen molar-refractivity contribution in [3.63, 3.8) is 0 Å². The van der Waals surface area contributed by atoms with Crippen LogP contribution < -0.4 is 5.32 Å². The molecular formula is C12H25N2+. The largest absolute Gasteiger partial charge is 0.391 e. The van der Waals surface area contributed by atoms with Crippen LogP contribution in [0.25, 0.3) is 0 Å². The Morgan fingerprint density at radius 1 is 1.29 bits per heavy atom. The molecule has 0 aliphatic heterocycles. The van der Waals surface area contributed by atoms with Gasteiger partial charge in [-0.05, 0) is 26.1 Å². The third kappa shape index (κ3) is 9.33. The molecule has 0 aromatic rings. The van der Waals surface area contributed by atoms with Crippen LogP contribution in [0.4, 0.5) is 0 Å². The van der Waals surface area contributed by atoms with Crippen LogP contribution in [-0.4, -0.2) is 38.7 Å². The SMILES string of the molecule is C/C=C(C)\C=C/NCCC[N+](C)(C)C. The zero-order valence-corrected chi connectivity index (χ0v) is 10.3. The molecular weight excluding hydrogens is 172 g/mol. The van der Waals surface area contributed by atoms with Gasteiger partial charge in [0.15, 0.2) is 0 Å². The van der Waals surface area contributed by atoms with E-state index in [1.807, 2.05) is 6.20 Å². The summed E-state index contributed by atoms with van der Waals surface area (Å²) in [5.41, 5.74) is 1.30. The second-order valence-corrected chi connectivity index (χ2v) is 4.69. The topological polar surface area (TPSA) is 12.0 Å². The van der Waals surface area contributed by atoms with Gasteiger partial charge < -0.3 is 9.80 Å². The first-order chi connectivity index (χ1) is 6.45. The summed E-state index contributed by atoms with van der Waals surface area (Å²) in [4.78, 5) is 0. The van der Waals surface area contributed by atoms with Crippen molar-refractivity contribution in [3.05, 3.63) is 23.9 Å². The molecule has 2 nitrogen and oxygen atoms in total. The highest BCUT2D eigenvalue weighted by Gasteiger charge is 2.04. The fourth-order valence-electron chi connectivity index (χ4n) is 1.03. The summed E-state index contributed by atoms with van der Waals surface area (Å²) in [6.45, 7) is 6.42. The van der Waals surface area contributed by atoms with Crippen LogP contribution in [0, 0.1) is 0 Å². The average molecular weight is 197 g/mol. The maximum atomic E-state index is 3.29. The molecule has 0 unspecified atom stereocenters.